The van der Waals surface area contributed by atoms with Gasteiger partial charge in [0.1, 0.15) is 0 Å². The minimum atomic E-state index is -3.87. The van der Waals surface area contributed by atoms with Crippen LogP contribution in [0.25, 0.3) is 0 Å². The molecule has 0 unspecified atom stereocenters. The molecule has 0 aliphatic carbocycles. The van der Waals surface area contributed by atoms with Crippen molar-refractivity contribution in [1.29, 1.82) is 0 Å². The molecule has 0 saturated carbocycles. The number of aryl methyl sites for hydroxylation is 1. The van der Waals surface area contributed by atoms with Crippen LogP contribution in [0.4, 0.5) is 5.69 Å². The summed E-state index contributed by atoms with van der Waals surface area (Å²) in [7, 11) is -3.87. The van der Waals surface area contributed by atoms with Crippen LogP contribution in [0.15, 0.2) is 23.1 Å². The first kappa shape index (κ1) is 16.9. The number of nitrogens with one attached hydrogen (secondary N) is 1. The van der Waals surface area contributed by atoms with E-state index in [0.29, 0.717) is 12.0 Å². The molecule has 0 bridgehead atoms. The van der Waals surface area contributed by atoms with Crippen molar-refractivity contribution >= 4 is 15.7 Å². The van der Waals surface area contributed by atoms with Crippen molar-refractivity contribution in [1.82, 2.24) is 9.62 Å². The zero-order valence-electron chi connectivity index (χ0n) is 12.6. The molecule has 0 amide bonds. The van der Waals surface area contributed by atoms with E-state index in [4.69, 9.17) is 0 Å². The van der Waals surface area contributed by atoms with Crippen molar-refractivity contribution in [3.8, 4) is 0 Å². The third-order valence-electron chi connectivity index (χ3n) is 3.80. The zero-order chi connectivity index (χ0) is 16.2. The first-order valence-electron chi connectivity index (χ1n) is 7.38. The summed E-state index contributed by atoms with van der Waals surface area (Å²) in [6.07, 6.45) is 3.08. The van der Waals surface area contributed by atoms with Crippen molar-refractivity contribution < 1.29 is 13.3 Å². The van der Waals surface area contributed by atoms with E-state index < -0.39 is 14.9 Å². The Bertz CT molecular complexity index is 639. The molecule has 1 N–H and O–H groups in total. The maximum atomic E-state index is 12.3. The maximum absolute atomic E-state index is 12.3. The van der Waals surface area contributed by atoms with Gasteiger partial charge in [-0.3, -0.25) is 10.1 Å². The van der Waals surface area contributed by atoms with Gasteiger partial charge >= 0.3 is 0 Å². The Kier molecular flexibility index (Phi) is 5.49. The minimum Gasteiger partial charge on any atom is -0.303 e. The number of hydrogen-bond donors (Lipinski definition) is 1. The molecule has 0 atom stereocenters. The standard InChI is InChI=1S/C14H21N3O4S/c1-12-6-4-7-13(17(18)19)14(12)22(20,21)15-8-5-11-16-9-2-3-10-16/h4,6-7,15H,2-3,5,8-11H2,1H3. The fourth-order valence-corrected chi connectivity index (χ4v) is 4.19. The molecule has 1 saturated heterocycles. The Labute approximate surface area is 130 Å². The molecule has 0 aromatic heterocycles. The molecule has 22 heavy (non-hydrogen) atoms. The lowest BCUT2D eigenvalue weighted by Crippen LogP contribution is -2.29. The summed E-state index contributed by atoms with van der Waals surface area (Å²) >= 11 is 0. The van der Waals surface area contributed by atoms with E-state index in [9.17, 15) is 18.5 Å². The molecule has 0 spiro atoms. The van der Waals surface area contributed by atoms with Gasteiger partial charge in [-0.05, 0) is 51.4 Å². The number of benzene rings is 1. The monoisotopic (exact) mass is 327 g/mol. The highest BCUT2D eigenvalue weighted by atomic mass is 32.2. The van der Waals surface area contributed by atoms with E-state index in [-0.39, 0.29) is 17.1 Å². The molecule has 1 aliphatic rings. The van der Waals surface area contributed by atoms with Gasteiger partial charge in [-0.1, -0.05) is 12.1 Å². The molecule has 1 aromatic carbocycles. The topological polar surface area (TPSA) is 92.5 Å². The van der Waals surface area contributed by atoms with E-state index in [1.165, 1.54) is 25.0 Å². The van der Waals surface area contributed by atoms with E-state index in [1.54, 1.807) is 13.0 Å². The third-order valence-corrected chi connectivity index (χ3v) is 5.45. The van der Waals surface area contributed by atoms with Crippen LogP contribution in [0.2, 0.25) is 0 Å². The van der Waals surface area contributed by atoms with Gasteiger partial charge in [0, 0.05) is 12.6 Å². The predicted molar refractivity (Wildman–Crippen MR) is 83.3 cm³/mol. The van der Waals surface area contributed by atoms with E-state index in [1.807, 2.05) is 0 Å². The lowest BCUT2D eigenvalue weighted by Gasteiger charge is -2.14. The van der Waals surface area contributed by atoms with Crippen LogP contribution in [0.5, 0.6) is 0 Å². The van der Waals surface area contributed by atoms with Crippen LogP contribution in [0.1, 0.15) is 24.8 Å². The average molecular weight is 327 g/mol. The summed E-state index contributed by atoms with van der Waals surface area (Å²) in [5.41, 5.74) is -0.00622. The van der Waals surface area contributed by atoms with Gasteiger partial charge in [-0.15, -0.1) is 0 Å². The van der Waals surface area contributed by atoms with E-state index in [0.717, 1.165) is 19.6 Å². The van der Waals surface area contributed by atoms with Gasteiger partial charge in [0.2, 0.25) is 10.0 Å². The van der Waals surface area contributed by atoms with Gasteiger partial charge in [0.15, 0.2) is 4.90 Å². The fourth-order valence-electron chi connectivity index (χ4n) is 2.72. The van der Waals surface area contributed by atoms with Crippen LogP contribution in [-0.4, -0.2) is 44.4 Å². The quantitative estimate of drug-likeness (QED) is 0.467. The highest BCUT2D eigenvalue weighted by molar-refractivity contribution is 7.89. The molecule has 1 aliphatic heterocycles. The molecule has 1 heterocycles. The lowest BCUT2D eigenvalue weighted by molar-refractivity contribution is -0.387. The molecule has 1 aromatic rings. The summed E-state index contributed by atoms with van der Waals surface area (Å²) in [5, 5.41) is 11.0. The second kappa shape index (κ2) is 7.17. The normalized spacial score (nSPS) is 16.0. The van der Waals surface area contributed by atoms with Crippen molar-refractivity contribution in [3.63, 3.8) is 0 Å². The number of likely N-dealkylation sites (tertiary alicyclic amines) is 1. The number of nitrogens with zero attached hydrogens (tertiary/aromatic N) is 2. The Morgan fingerprint density at radius 1 is 1.32 bits per heavy atom. The van der Waals surface area contributed by atoms with Crippen LogP contribution in [-0.2, 0) is 10.0 Å². The number of nitro benzene ring substituents is 1. The second-order valence-electron chi connectivity index (χ2n) is 5.48. The Morgan fingerprint density at radius 3 is 2.64 bits per heavy atom. The number of nitro groups is 1. The fraction of sp³-hybridized carbons (Fsp3) is 0.571. The van der Waals surface area contributed by atoms with Gasteiger partial charge in [-0.2, -0.15) is 0 Å². The summed E-state index contributed by atoms with van der Waals surface area (Å²) in [4.78, 5) is 12.4. The number of rotatable bonds is 7. The van der Waals surface area contributed by atoms with Gasteiger partial charge in [0.25, 0.3) is 5.69 Å². The summed E-state index contributed by atoms with van der Waals surface area (Å²) < 4.78 is 27.2. The summed E-state index contributed by atoms with van der Waals surface area (Å²) in [5.74, 6) is 0. The van der Waals surface area contributed by atoms with E-state index >= 15 is 0 Å². The Balaban J connectivity index is 2.02. The Hall–Kier alpha value is -1.51. The summed E-state index contributed by atoms with van der Waals surface area (Å²) in [6.45, 7) is 4.82. The minimum absolute atomic E-state index is 0.235. The van der Waals surface area contributed by atoms with Crippen molar-refractivity contribution in [2.24, 2.45) is 0 Å². The van der Waals surface area contributed by atoms with Crippen LogP contribution in [0.3, 0.4) is 0 Å². The maximum Gasteiger partial charge on any atom is 0.289 e. The summed E-state index contributed by atoms with van der Waals surface area (Å²) in [6, 6.07) is 4.26. The molecule has 0 radical (unpaired) electrons. The molecular formula is C14H21N3O4S. The van der Waals surface area contributed by atoms with E-state index in [2.05, 4.69) is 9.62 Å². The molecule has 7 nitrogen and oxygen atoms in total. The zero-order valence-corrected chi connectivity index (χ0v) is 13.4. The highest BCUT2D eigenvalue weighted by Gasteiger charge is 2.27. The first-order valence-corrected chi connectivity index (χ1v) is 8.86. The molecule has 8 heteroatoms. The number of hydrogen-bond acceptors (Lipinski definition) is 5. The van der Waals surface area contributed by atoms with Gasteiger partial charge in [-0.25, -0.2) is 13.1 Å². The van der Waals surface area contributed by atoms with Crippen LogP contribution >= 0.6 is 0 Å². The molecule has 122 valence electrons. The predicted octanol–water partition coefficient (Wildman–Crippen LogP) is 1.67. The third kappa shape index (κ3) is 4.02. The van der Waals surface area contributed by atoms with Crippen molar-refractivity contribution in [2.45, 2.75) is 31.1 Å². The highest BCUT2D eigenvalue weighted by Crippen LogP contribution is 2.26. The smallest absolute Gasteiger partial charge is 0.289 e. The van der Waals surface area contributed by atoms with Crippen LogP contribution in [0, 0.1) is 17.0 Å². The van der Waals surface area contributed by atoms with Crippen molar-refractivity contribution in [2.75, 3.05) is 26.2 Å². The largest absolute Gasteiger partial charge is 0.303 e. The lowest BCUT2D eigenvalue weighted by atomic mass is 10.2. The SMILES string of the molecule is Cc1cccc([N+](=O)[O-])c1S(=O)(=O)NCCCN1CCCC1. The van der Waals surface area contributed by atoms with Gasteiger partial charge < -0.3 is 4.90 Å². The Morgan fingerprint density at radius 2 is 2.00 bits per heavy atom. The van der Waals surface area contributed by atoms with Crippen LogP contribution < -0.4 is 4.72 Å². The average Bonchev–Trinajstić information content (AvgIpc) is 2.96. The second-order valence-corrected chi connectivity index (χ2v) is 7.18. The first-order chi connectivity index (χ1) is 10.4. The number of sulfonamides is 1. The molecule has 2 rings (SSSR count). The molecule has 1 fully saturated rings. The van der Waals surface area contributed by atoms with Crippen molar-refractivity contribution in [3.05, 3.63) is 33.9 Å². The van der Waals surface area contributed by atoms with Gasteiger partial charge in [0.05, 0.1) is 4.92 Å². The molecular weight excluding hydrogens is 306 g/mol.